The number of rotatable bonds is 4. The maximum atomic E-state index is 13.1. The molecule has 6 nitrogen and oxygen atoms in total. The molecule has 0 saturated carbocycles. The predicted octanol–water partition coefficient (Wildman–Crippen LogP) is 2.88. The van der Waals surface area contributed by atoms with E-state index in [-0.39, 0.29) is 17.7 Å². The van der Waals surface area contributed by atoms with Crippen molar-refractivity contribution in [3.8, 4) is 0 Å². The summed E-state index contributed by atoms with van der Waals surface area (Å²) >= 11 is 0. The third kappa shape index (κ3) is 3.39. The van der Waals surface area contributed by atoms with Crippen molar-refractivity contribution < 1.29 is 4.39 Å². The van der Waals surface area contributed by atoms with Crippen molar-refractivity contribution >= 4 is 17.6 Å². The average Bonchev–Trinajstić information content (AvgIpc) is 2.56. The van der Waals surface area contributed by atoms with Gasteiger partial charge in [-0.2, -0.15) is 4.98 Å². The zero-order valence-corrected chi connectivity index (χ0v) is 12.4. The second kappa shape index (κ2) is 6.35. The SMILES string of the molecule is C[C@@H](c1ccc(F)cc1)c1cnc(N)nc1Nc1cnccn1. The van der Waals surface area contributed by atoms with Gasteiger partial charge in [0.15, 0.2) is 0 Å². The number of aromatic nitrogens is 4. The molecule has 7 heteroatoms. The third-order valence-electron chi connectivity index (χ3n) is 3.48. The zero-order chi connectivity index (χ0) is 16.2. The molecule has 3 rings (SSSR count). The standard InChI is InChI=1S/C16H15FN6/c1-10(11-2-4-12(17)5-3-11)13-8-21-16(18)23-15(13)22-14-9-19-6-7-20-14/h2-10H,1H3,(H3,18,20,21,22,23)/t10-/m0/s1. The van der Waals surface area contributed by atoms with Gasteiger partial charge in [0.25, 0.3) is 0 Å². The molecule has 3 aromatic rings. The molecule has 3 N–H and O–H groups in total. The van der Waals surface area contributed by atoms with E-state index < -0.39 is 0 Å². The number of nitrogens with zero attached hydrogens (tertiary/aromatic N) is 4. The Hall–Kier alpha value is -3.09. The Morgan fingerprint density at radius 3 is 2.57 bits per heavy atom. The Kier molecular flexibility index (Phi) is 4.09. The summed E-state index contributed by atoms with van der Waals surface area (Å²) in [7, 11) is 0. The zero-order valence-electron chi connectivity index (χ0n) is 12.4. The fourth-order valence-electron chi connectivity index (χ4n) is 2.24. The minimum absolute atomic E-state index is 0.0460. The third-order valence-corrected chi connectivity index (χ3v) is 3.48. The van der Waals surface area contributed by atoms with E-state index in [9.17, 15) is 4.39 Å². The van der Waals surface area contributed by atoms with E-state index in [0.717, 1.165) is 11.1 Å². The molecule has 0 radical (unpaired) electrons. The summed E-state index contributed by atoms with van der Waals surface area (Å²) in [6, 6.07) is 6.34. The molecule has 116 valence electrons. The normalized spacial score (nSPS) is 11.9. The van der Waals surface area contributed by atoms with E-state index in [2.05, 4.69) is 25.3 Å². The molecular formula is C16H15FN6. The van der Waals surface area contributed by atoms with Crippen LogP contribution in [0.3, 0.4) is 0 Å². The first-order chi connectivity index (χ1) is 11.1. The minimum atomic E-state index is -0.271. The second-order valence-electron chi connectivity index (χ2n) is 5.02. The lowest BCUT2D eigenvalue weighted by Crippen LogP contribution is -2.08. The first kappa shape index (κ1) is 14.8. The summed E-state index contributed by atoms with van der Waals surface area (Å²) in [6.45, 7) is 1.99. The van der Waals surface area contributed by atoms with Crippen molar-refractivity contribution in [2.75, 3.05) is 11.1 Å². The van der Waals surface area contributed by atoms with Crippen LogP contribution in [0.25, 0.3) is 0 Å². The van der Waals surface area contributed by atoms with Gasteiger partial charge in [0, 0.05) is 30.1 Å². The van der Waals surface area contributed by atoms with Crippen molar-refractivity contribution in [3.05, 3.63) is 66.0 Å². The molecular weight excluding hydrogens is 295 g/mol. The van der Waals surface area contributed by atoms with Crippen LogP contribution in [0.1, 0.15) is 24.0 Å². The van der Waals surface area contributed by atoms with E-state index in [1.165, 1.54) is 12.1 Å². The van der Waals surface area contributed by atoms with E-state index >= 15 is 0 Å². The van der Waals surface area contributed by atoms with Gasteiger partial charge < -0.3 is 11.1 Å². The fraction of sp³-hybridized carbons (Fsp3) is 0.125. The Morgan fingerprint density at radius 1 is 1.09 bits per heavy atom. The smallest absolute Gasteiger partial charge is 0.221 e. The first-order valence-corrected chi connectivity index (χ1v) is 7.04. The second-order valence-corrected chi connectivity index (χ2v) is 5.02. The highest BCUT2D eigenvalue weighted by Gasteiger charge is 2.16. The maximum absolute atomic E-state index is 13.1. The molecule has 1 atom stereocenters. The highest BCUT2D eigenvalue weighted by atomic mass is 19.1. The van der Waals surface area contributed by atoms with Gasteiger partial charge in [0.2, 0.25) is 5.95 Å². The fourth-order valence-corrected chi connectivity index (χ4v) is 2.24. The molecule has 0 aliphatic rings. The number of nitrogens with one attached hydrogen (secondary N) is 1. The van der Waals surface area contributed by atoms with Gasteiger partial charge in [-0.15, -0.1) is 0 Å². The van der Waals surface area contributed by atoms with E-state index in [1.807, 2.05) is 6.92 Å². The molecule has 0 amide bonds. The highest BCUT2D eigenvalue weighted by Crippen LogP contribution is 2.30. The lowest BCUT2D eigenvalue weighted by Gasteiger charge is -2.16. The van der Waals surface area contributed by atoms with Crippen LogP contribution in [0.4, 0.5) is 22.0 Å². The molecule has 0 unspecified atom stereocenters. The first-order valence-electron chi connectivity index (χ1n) is 7.04. The molecule has 0 spiro atoms. The summed E-state index contributed by atoms with van der Waals surface area (Å²) in [5.74, 6) is 0.946. The molecule has 2 aromatic heterocycles. The van der Waals surface area contributed by atoms with Crippen LogP contribution in [0.5, 0.6) is 0 Å². The molecule has 0 saturated heterocycles. The lowest BCUT2D eigenvalue weighted by molar-refractivity contribution is 0.626. The lowest BCUT2D eigenvalue weighted by atomic mass is 9.94. The van der Waals surface area contributed by atoms with Gasteiger partial charge in [0.05, 0.1) is 6.20 Å². The van der Waals surface area contributed by atoms with Crippen molar-refractivity contribution in [1.29, 1.82) is 0 Å². The van der Waals surface area contributed by atoms with Gasteiger partial charge in [-0.3, -0.25) is 4.98 Å². The van der Waals surface area contributed by atoms with Gasteiger partial charge in [-0.1, -0.05) is 19.1 Å². The van der Waals surface area contributed by atoms with Crippen LogP contribution >= 0.6 is 0 Å². The Morgan fingerprint density at radius 2 is 1.87 bits per heavy atom. The predicted molar refractivity (Wildman–Crippen MR) is 85.7 cm³/mol. The Labute approximate surface area is 132 Å². The Bertz CT molecular complexity index is 791. The molecule has 23 heavy (non-hydrogen) atoms. The van der Waals surface area contributed by atoms with Crippen molar-refractivity contribution in [2.24, 2.45) is 0 Å². The number of hydrogen-bond acceptors (Lipinski definition) is 6. The molecule has 0 aliphatic carbocycles. The number of nitrogen functional groups attached to an aromatic ring is 1. The number of benzene rings is 1. The summed E-state index contributed by atoms with van der Waals surface area (Å²) < 4.78 is 13.1. The number of nitrogens with two attached hydrogens (primary N) is 1. The van der Waals surface area contributed by atoms with E-state index in [4.69, 9.17) is 5.73 Å². The van der Waals surface area contributed by atoms with Gasteiger partial charge in [-0.05, 0) is 17.7 Å². The monoisotopic (exact) mass is 310 g/mol. The number of halogens is 1. The van der Waals surface area contributed by atoms with Crippen molar-refractivity contribution in [1.82, 2.24) is 19.9 Å². The van der Waals surface area contributed by atoms with E-state index in [1.54, 1.807) is 36.9 Å². The number of anilines is 3. The highest BCUT2D eigenvalue weighted by molar-refractivity contribution is 5.58. The molecule has 2 heterocycles. The quantitative estimate of drug-likeness (QED) is 0.770. The average molecular weight is 310 g/mol. The van der Waals surface area contributed by atoms with Crippen LogP contribution in [-0.2, 0) is 0 Å². The van der Waals surface area contributed by atoms with Crippen molar-refractivity contribution in [2.45, 2.75) is 12.8 Å². The number of hydrogen-bond donors (Lipinski definition) is 2. The Balaban J connectivity index is 1.96. The molecule has 0 fully saturated rings. The summed E-state index contributed by atoms with van der Waals surface area (Å²) in [6.07, 6.45) is 6.41. The van der Waals surface area contributed by atoms with Gasteiger partial charge in [-0.25, -0.2) is 14.4 Å². The van der Waals surface area contributed by atoms with Crippen LogP contribution < -0.4 is 11.1 Å². The summed E-state index contributed by atoms with van der Waals surface area (Å²) in [5.41, 5.74) is 7.47. The summed E-state index contributed by atoms with van der Waals surface area (Å²) in [4.78, 5) is 16.5. The van der Waals surface area contributed by atoms with Gasteiger partial charge >= 0.3 is 0 Å². The minimum Gasteiger partial charge on any atom is -0.368 e. The van der Waals surface area contributed by atoms with Crippen LogP contribution in [-0.4, -0.2) is 19.9 Å². The largest absolute Gasteiger partial charge is 0.368 e. The van der Waals surface area contributed by atoms with Gasteiger partial charge in [0.1, 0.15) is 17.5 Å². The van der Waals surface area contributed by atoms with E-state index in [0.29, 0.717) is 11.6 Å². The van der Waals surface area contributed by atoms with Crippen LogP contribution in [0.2, 0.25) is 0 Å². The summed E-state index contributed by atoms with van der Waals surface area (Å²) in [5, 5.41) is 3.10. The molecule has 1 aromatic carbocycles. The molecule has 0 bridgehead atoms. The van der Waals surface area contributed by atoms with Crippen molar-refractivity contribution in [3.63, 3.8) is 0 Å². The molecule has 0 aliphatic heterocycles. The van der Waals surface area contributed by atoms with Crippen LogP contribution in [0.15, 0.2) is 49.1 Å². The topological polar surface area (TPSA) is 89.6 Å². The van der Waals surface area contributed by atoms with Crippen LogP contribution in [0, 0.1) is 5.82 Å². The maximum Gasteiger partial charge on any atom is 0.221 e.